The lowest BCUT2D eigenvalue weighted by atomic mass is 10.4. The number of nitrogens with two attached hydrogens (primary N) is 1. The van der Waals surface area contributed by atoms with Gasteiger partial charge in [0, 0.05) is 0 Å². The van der Waals surface area contributed by atoms with Gasteiger partial charge in [0.1, 0.15) is 18.4 Å². The fraction of sp³-hybridized carbons (Fsp3) is 0.167. The fourth-order valence-electron chi connectivity index (χ4n) is 0.801. The second kappa shape index (κ2) is 4.46. The van der Waals surface area contributed by atoms with Crippen LogP contribution in [0.25, 0.3) is 0 Å². The molecule has 0 aliphatic rings. The highest BCUT2D eigenvalue weighted by molar-refractivity contribution is 7.13. The standard InChI is InChI=1S/C6H7N7OS/c7-5(4-1-11-14-13-4)8-2-9-6-12-10-3-15-6/h1,3H,2H2,(H2,7,8)(H,9,12). The van der Waals surface area contributed by atoms with E-state index < -0.39 is 0 Å². The van der Waals surface area contributed by atoms with E-state index in [1.165, 1.54) is 17.5 Å². The third-order valence-electron chi connectivity index (χ3n) is 1.46. The summed E-state index contributed by atoms with van der Waals surface area (Å²) in [5.41, 5.74) is 7.63. The molecule has 0 aliphatic heterocycles. The summed E-state index contributed by atoms with van der Waals surface area (Å²) in [4.78, 5) is 4.00. The summed E-state index contributed by atoms with van der Waals surface area (Å²) >= 11 is 1.38. The number of amidine groups is 1. The van der Waals surface area contributed by atoms with Crippen LogP contribution in [0.1, 0.15) is 5.69 Å². The molecule has 0 atom stereocenters. The van der Waals surface area contributed by atoms with E-state index in [4.69, 9.17) is 5.73 Å². The van der Waals surface area contributed by atoms with Crippen LogP contribution in [-0.4, -0.2) is 33.0 Å². The van der Waals surface area contributed by atoms with Crippen LogP contribution in [-0.2, 0) is 0 Å². The Hall–Kier alpha value is -2.03. The molecular weight excluding hydrogens is 218 g/mol. The van der Waals surface area contributed by atoms with Crippen LogP contribution in [0.4, 0.5) is 5.13 Å². The first-order valence-electron chi connectivity index (χ1n) is 3.94. The topological polar surface area (TPSA) is 115 Å². The fourth-order valence-corrected chi connectivity index (χ4v) is 1.24. The van der Waals surface area contributed by atoms with Crippen LogP contribution >= 0.6 is 11.3 Å². The minimum absolute atomic E-state index is 0.258. The maximum atomic E-state index is 5.59. The van der Waals surface area contributed by atoms with Crippen molar-refractivity contribution in [1.82, 2.24) is 20.5 Å². The summed E-state index contributed by atoms with van der Waals surface area (Å²) in [7, 11) is 0. The molecule has 0 saturated carbocycles. The molecule has 8 nitrogen and oxygen atoms in total. The highest BCUT2D eigenvalue weighted by Gasteiger charge is 2.02. The molecule has 3 N–H and O–H groups in total. The molecule has 0 unspecified atom stereocenters. The molecule has 0 aliphatic carbocycles. The highest BCUT2D eigenvalue weighted by atomic mass is 32.1. The Labute approximate surface area is 88.2 Å². The second-order valence-corrected chi connectivity index (χ2v) is 3.25. The SMILES string of the molecule is NC(=NCNc1nncs1)c1cnon1. The maximum absolute atomic E-state index is 5.59. The molecule has 0 spiro atoms. The number of hydrogen-bond donors (Lipinski definition) is 2. The molecule has 0 bridgehead atoms. The zero-order chi connectivity index (χ0) is 10.5. The third kappa shape index (κ3) is 2.47. The molecule has 0 fully saturated rings. The van der Waals surface area contributed by atoms with E-state index in [0.717, 1.165) is 0 Å². The Balaban J connectivity index is 1.89. The van der Waals surface area contributed by atoms with Crippen LogP contribution < -0.4 is 11.1 Å². The molecule has 0 aromatic carbocycles. The minimum atomic E-state index is 0.258. The van der Waals surface area contributed by atoms with Gasteiger partial charge in [0.15, 0.2) is 11.5 Å². The molecule has 9 heteroatoms. The van der Waals surface area contributed by atoms with E-state index >= 15 is 0 Å². The number of rotatable bonds is 4. The molecule has 2 aromatic rings. The van der Waals surface area contributed by atoms with Crippen molar-refractivity contribution in [2.75, 3.05) is 12.0 Å². The maximum Gasteiger partial charge on any atom is 0.206 e. The molecule has 2 rings (SSSR count). The Bertz CT molecular complexity index is 422. The number of hydrogen-bond acceptors (Lipinski definition) is 8. The van der Waals surface area contributed by atoms with Crippen molar-refractivity contribution in [3.8, 4) is 0 Å². The average Bonchev–Trinajstić information content (AvgIpc) is 2.90. The van der Waals surface area contributed by atoms with Crippen molar-refractivity contribution in [3.63, 3.8) is 0 Å². The van der Waals surface area contributed by atoms with Gasteiger partial charge in [-0.25, -0.2) is 9.62 Å². The largest absolute Gasteiger partial charge is 0.382 e. The molecule has 15 heavy (non-hydrogen) atoms. The summed E-state index contributed by atoms with van der Waals surface area (Å²) in [6.45, 7) is 0.299. The van der Waals surface area contributed by atoms with E-state index in [1.54, 1.807) is 5.51 Å². The Morgan fingerprint density at radius 3 is 3.27 bits per heavy atom. The highest BCUT2D eigenvalue weighted by Crippen LogP contribution is 2.06. The van der Waals surface area contributed by atoms with Crippen molar-refractivity contribution < 1.29 is 4.63 Å². The van der Waals surface area contributed by atoms with E-state index in [-0.39, 0.29) is 5.84 Å². The number of aromatic nitrogens is 4. The first-order chi connectivity index (χ1) is 7.36. The van der Waals surface area contributed by atoms with Crippen LogP contribution in [0.3, 0.4) is 0 Å². The van der Waals surface area contributed by atoms with E-state index in [1.807, 2.05) is 0 Å². The van der Waals surface area contributed by atoms with Gasteiger partial charge >= 0.3 is 0 Å². The van der Waals surface area contributed by atoms with Crippen molar-refractivity contribution in [1.29, 1.82) is 0 Å². The zero-order valence-electron chi connectivity index (χ0n) is 7.49. The van der Waals surface area contributed by atoms with Gasteiger partial charge < -0.3 is 11.1 Å². The van der Waals surface area contributed by atoms with Crippen LogP contribution in [0.2, 0.25) is 0 Å². The van der Waals surface area contributed by atoms with Gasteiger partial charge in [-0.1, -0.05) is 16.5 Å². The van der Waals surface area contributed by atoms with Crippen LogP contribution in [0.15, 0.2) is 21.3 Å². The average molecular weight is 225 g/mol. The van der Waals surface area contributed by atoms with Crippen molar-refractivity contribution >= 4 is 22.3 Å². The van der Waals surface area contributed by atoms with Crippen molar-refractivity contribution in [2.24, 2.45) is 10.7 Å². The van der Waals surface area contributed by atoms with E-state index in [9.17, 15) is 0 Å². The summed E-state index contributed by atoms with van der Waals surface area (Å²) < 4.78 is 4.39. The lowest BCUT2D eigenvalue weighted by Crippen LogP contribution is -2.16. The number of nitrogens with one attached hydrogen (secondary N) is 1. The predicted molar refractivity (Wildman–Crippen MR) is 53.4 cm³/mol. The molecule has 2 aromatic heterocycles. The molecule has 0 saturated heterocycles. The van der Waals surface area contributed by atoms with Gasteiger partial charge in [0.25, 0.3) is 0 Å². The van der Waals surface area contributed by atoms with E-state index in [2.05, 4.69) is 35.4 Å². The smallest absolute Gasteiger partial charge is 0.206 e. The summed E-state index contributed by atoms with van der Waals surface area (Å²) in [5, 5.41) is 18.0. The molecule has 78 valence electrons. The molecule has 0 radical (unpaired) electrons. The summed E-state index contributed by atoms with van der Waals surface area (Å²) in [6, 6.07) is 0. The number of anilines is 1. The number of aliphatic imine (C=N–C) groups is 1. The van der Waals surface area contributed by atoms with Gasteiger partial charge in [0.05, 0.1) is 0 Å². The zero-order valence-corrected chi connectivity index (χ0v) is 8.31. The Kier molecular flexibility index (Phi) is 2.83. The lowest BCUT2D eigenvalue weighted by Gasteiger charge is -1.96. The summed E-state index contributed by atoms with van der Waals surface area (Å²) in [5.74, 6) is 0.258. The summed E-state index contributed by atoms with van der Waals surface area (Å²) in [6.07, 6.45) is 1.39. The van der Waals surface area contributed by atoms with E-state index in [0.29, 0.717) is 17.5 Å². The van der Waals surface area contributed by atoms with Gasteiger partial charge in [0.2, 0.25) is 5.13 Å². The van der Waals surface area contributed by atoms with Crippen molar-refractivity contribution in [3.05, 3.63) is 17.4 Å². The van der Waals surface area contributed by atoms with Crippen molar-refractivity contribution in [2.45, 2.75) is 0 Å². The van der Waals surface area contributed by atoms with Gasteiger partial charge in [-0.2, -0.15) is 0 Å². The van der Waals surface area contributed by atoms with Gasteiger partial charge in [-0.3, -0.25) is 0 Å². The minimum Gasteiger partial charge on any atom is -0.382 e. The Morgan fingerprint density at radius 2 is 2.60 bits per heavy atom. The first-order valence-corrected chi connectivity index (χ1v) is 4.82. The molecular formula is C6H7N7OS. The van der Waals surface area contributed by atoms with Crippen LogP contribution in [0.5, 0.6) is 0 Å². The lowest BCUT2D eigenvalue weighted by molar-refractivity contribution is 0.306. The third-order valence-corrected chi connectivity index (χ3v) is 2.11. The van der Waals surface area contributed by atoms with Crippen LogP contribution in [0, 0.1) is 0 Å². The quantitative estimate of drug-likeness (QED) is 0.542. The number of nitrogens with zero attached hydrogens (tertiary/aromatic N) is 5. The normalized spacial score (nSPS) is 11.6. The molecule has 2 heterocycles. The van der Waals surface area contributed by atoms with Gasteiger partial charge in [-0.15, -0.1) is 10.2 Å². The second-order valence-electron chi connectivity index (χ2n) is 2.41. The first kappa shape index (κ1) is 9.52. The Morgan fingerprint density at radius 1 is 1.67 bits per heavy atom. The monoisotopic (exact) mass is 225 g/mol. The predicted octanol–water partition coefficient (Wildman–Crippen LogP) is -0.304. The van der Waals surface area contributed by atoms with Gasteiger partial charge in [-0.05, 0) is 5.16 Å². The molecule has 0 amide bonds.